The molecule has 0 spiro atoms. The van der Waals surface area contributed by atoms with Crippen LogP contribution in [0, 0.1) is 0 Å². The van der Waals surface area contributed by atoms with Crippen molar-refractivity contribution in [2.45, 2.75) is 31.1 Å². The van der Waals surface area contributed by atoms with Crippen LogP contribution in [0.3, 0.4) is 0 Å². The first-order chi connectivity index (χ1) is 6.88. The molecule has 1 fully saturated rings. The number of thiazole rings is 1. The van der Waals surface area contributed by atoms with Crippen molar-refractivity contribution < 1.29 is 0 Å². The third-order valence-corrected chi connectivity index (χ3v) is 4.70. The number of rotatable bonds is 4. The lowest BCUT2D eigenvalue weighted by atomic mass is 10.2. The summed E-state index contributed by atoms with van der Waals surface area (Å²) in [6, 6.07) is 0. The molecule has 0 bridgehead atoms. The van der Waals surface area contributed by atoms with Gasteiger partial charge in [0.15, 0.2) is 0 Å². The van der Waals surface area contributed by atoms with Gasteiger partial charge in [0.05, 0.1) is 10.7 Å². The molecule has 2 rings (SSSR count). The molecule has 4 heteroatoms. The standard InChI is InChI=1S/C10H16N2S2/c1-11-6-8-7-14-10(12-8)5-9-3-2-4-13-9/h7,9,11H,2-6H2,1H3. The van der Waals surface area contributed by atoms with Crippen LogP contribution in [0.2, 0.25) is 0 Å². The zero-order chi connectivity index (χ0) is 9.80. The van der Waals surface area contributed by atoms with Gasteiger partial charge in [-0.05, 0) is 25.6 Å². The minimum atomic E-state index is 0.837. The molecule has 1 atom stereocenters. The Balaban J connectivity index is 1.88. The molecule has 1 aliphatic rings. The van der Waals surface area contributed by atoms with Crippen LogP contribution in [0.25, 0.3) is 0 Å². The van der Waals surface area contributed by atoms with Crippen LogP contribution >= 0.6 is 23.1 Å². The molecule has 78 valence electrons. The van der Waals surface area contributed by atoms with Gasteiger partial charge in [-0.15, -0.1) is 11.3 Å². The number of nitrogens with zero attached hydrogens (tertiary/aromatic N) is 1. The van der Waals surface area contributed by atoms with E-state index in [1.807, 2.05) is 18.4 Å². The van der Waals surface area contributed by atoms with Crippen molar-refractivity contribution in [3.05, 3.63) is 16.1 Å². The predicted octanol–water partition coefficient (Wildman–Crippen LogP) is 2.30. The summed E-state index contributed by atoms with van der Waals surface area (Å²) in [5.41, 5.74) is 1.19. The maximum Gasteiger partial charge on any atom is 0.0939 e. The van der Waals surface area contributed by atoms with Crippen LogP contribution < -0.4 is 5.32 Å². The molecule has 1 unspecified atom stereocenters. The fraction of sp³-hybridized carbons (Fsp3) is 0.700. The summed E-state index contributed by atoms with van der Waals surface area (Å²) in [5, 5.41) is 7.45. The average molecular weight is 228 g/mol. The Labute approximate surface area is 93.5 Å². The van der Waals surface area contributed by atoms with E-state index in [9.17, 15) is 0 Å². The first kappa shape index (κ1) is 10.5. The summed E-state index contributed by atoms with van der Waals surface area (Å²) in [4.78, 5) is 4.61. The molecule has 0 amide bonds. The van der Waals surface area contributed by atoms with E-state index in [4.69, 9.17) is 0 Å². The van der Waals surface area contributed by atoms with Crippen LogP contribution in [0.5, 0.6) is 0 Å². The lowest BCUT2D eigenvalue weighted by molar-refractivity contribution is 0.758. The van der Waals surface area contributed by atoms with E-state index in [1.165, 1.54) is 35.7 Å². The van der Waals surface area contributed by atoms with E-state index in [0.717, 1.165) is 11.8 Å². The van der Waals surface area contributed by atoms with Gasteiger partial charge in [0, 0.05) is 23.6 Å². The maximum atomic E-state index is 4.61. The molecule has 2 heterocycles. The molecule has 0 saturated carbocycles. The Bertz CT molecular complexity index is 279. The van der Waals surface area contributed by atoms with Crippen molar-refractivity contribution in [3.8, 4) is 0 Å². The summed E-state index contributed by atoms with van der Waals surface area (Å²) < 4.78 is 0. The molecule has 1 N–H and O–H groups in total. The smallest absolute Gasteiger partial charge is 0.0939 e. The molecule has 0 aromatic carbocycles. The zero-order valence-corrected chi connectivity index (χ0v) is 10.1. The molecule has 1 saturated heterocycles. The van der Waals surface area contributed by atoms with Crippen LogP contribution in [0.4, 0.5) is 0 Å². The molecule has 0 radical (unpaired) electrons. The minimum absolute atomic E-state index is 0.837. The van der Waals surface area contributed by atoms with Crippen LogP contribution in [0.15, 0.2) is 5.38 Å². The second kappa shape index (κ2) is 5.14. The highest BCUT2D eigenvalue weighted by molar-refractivity contribution is 8.00. The third-order valence-electron chi connectivity index (χ3n) is 2.38. The van der Waals surface area contributed by atoms with Crippen molar-refractivity contribution in [2.24, 2.45) is 0 Å². The Morgan fingerprint density at radius 1 is 1.64 bits per heavy atom. The molecular formula is C10H16N2S2. The summed E-state index contributed by atoms with van der Waals surface area (Å²) in [6.07, 6.45) is 3.95. The van der Waals surface area contributed by atoms with Crippen LogP contribution in [-0.2, 0) is 13.0 Å². The van der Waals surface area contributed by atoms with Crippen LogP contribution in [-0.4, -0.2) is 23.0 Å². The van der Waals surface area contributed by atoms with Crippen molar-refractivity contribution in [1.82, 2.24) is 10.3 Å². The number of hydrogen-bond donors (Lipinski definition) is 1. The summed E-state index contributed by atoms with van der Waals surface area (Å²) in [5.74, 6) is 1.35. The summed E-state index contributed by atoms with van der Waals surface area (Å²) in [7, 11) is 1.96. The van der Waals surface area contributed by atoms with Gasteiger partial charge in [-0.25, -0.2) is 4.98 Å². The lowest BCUT2D eigenvalue weighted by Gasteiger charge is -2.03. The fourth-order valence-electron chi connectivity index (χ4n) is 1.71. The Morgan fingerprint density at radius 3 is 3.29 bits per heavy atom. The van der Waals surface area contributed by atoms with Gasteiger partial charge >= 0.3 is 0 Å². The van der Waals surface area contributed by atoms with E-state index in [2.05, 4.69) is 27.4 Å². The van der Waals surface area contributed by atoms with Crippen molar-refractivity contribution in [3.63, 3.8) is 0 Å². The van der Waals surface area contributed by atoms with E-state index < -0.39 is 0 Å². The normalized spacial score (nSPS) is 21.6. The zero-order valence-electron chi connectivity index (χ0n) is 8.45. The minimum Gasteiger partial charge on any atom is -0.314 e. The van der Waals surface area contributed by atoms with E-state index >= 15 is 0 Å². The number of aromatic nitrogens is 1. The highest BCUT2D eigenvalue weighted by Crippen LogP contribution is 2.29. The van der Waals surface area contributed by atoms with Gasteiger partial charge in [0.2, 0.25) is 0 Å². The number of nitrogens with one attached hydrogen (secondary N) is 1. The summed E-state index contributed by atoms with van der Waals surface area (Å²) in [6.45, 7) is 0.897. The largest absolute Gasteiger partial charge is 0.314 e. The molecule has 14 heavy (non-hydrogen) atoms. The van der Waals surface area contributed by atoms with Gasteiger partial charge < -0.3 is 5.32 Å². The first-order valence-electron chi connectivity index (χ1n) is 5.08. The van der Waals surface area contributed by atoms with E-state index in [0.29, 0.717) is 0 Å². The van der Waals surface area contributed by atoms with Crippen LogP contribution in [0.1, 0.15) is 23.5 Å². The quantitative estimate of drug-likeness (QED) is 0.856. The van der Waals surface area contributed by atoms with Gasteiger partial charge in [-0.2, -0.15) is 11.8 Å². The second-order valence-electron chi connectivity index (χ2n) is 3.60. The van der Waals surface area contributed by atoms with Crippen molar-refractivity contribution in [1.29, 1.82) is 0 Å². The van der Waals surface area contributed by atoms with Gasteiger partial charge in [-0.1, -0.05) is 0 Å². The fourth-order valence-corrected chi connectivity index (χ4v) is 3.96. The highest BCUT2D eigenvalue weighted by atomic mass is 32.2. The van der Waals surface area contributed by atoms with Crippen molar-refractivity contribution >= 4 is 23.1 Å². The highest BCUT2D eigenvalue weighted by Gasteiger charge is 2.17. The SMILES string of the molecule is CNCc1csc(CC2CCCS2)n1. The monoisotopic (exact) mass is 228 g/mol. The third kappa shape index (κ3) is 2.72. The van der Waals surface area contributed by atoms with Gasteiger partial charge in [0.1, 0.15) is 0 Å². The molecule has 1 aromatic rings. The average Bonchev–Trinajstić information content (AvgIpc) is 2.79. The Kier molecular flexibility index (Phi) is 3.84. The molecular weight excluding hydrogens is 212 g/mol. The number of hydrogen-bond acceptors (Lipinski definition) is 4. The van der Waals surface area contributed by atoms with E-state index in [-0.39, 0.29) is 0 Å². The number of thioether (sulfide) groups is 1. The Morgan fingerprint density at radius 2 is 2.57 bits per heavy atom. The lowest BCUT2D eigenvalue weighted by Crippen LogP contribution is -2.06. The molecule has 2 nitrogen and oxygen atoms in total. The van der Waals surface area contributed by atoms with Gasteiger partial charge in [0.25, 0.3) is 0 Å². The summed E-state index contributed by atoms with van der Waals surface area (Å²) >= 11 is 3.92. The van der Waals surface area contributed by atoms with Gasteiger partial charge in [-0.3, -0.25) is 0 Å². The molecule has 1 aromatic heterocycles. The molecule has 0 aliphatic carbocycles. The second-order valence-corrected chi connectivity index (χ2v) is 5.95. The maximum absolute atomic E-state index is 4.61. The molecule has 1 aliphatic heterocycles. The topological polar surface area (TPSA) is 24.9 Å². The Hall–Kier alpha value is -0.0600. The first-order valence-corrected chi connectivity index (χ1v) is 7.01. The van der Waals surface area contributed by atoms with E-state index in [1.54, 1.807) is 0 Å². The van der Waals surface area contributed by atoms with Crippen molar-refractivity contribution in [2.75, 3.05) is 12.8 Å². The predicted molar refractivity (Wildman–Crippen MR) is 64.1 cm³/mol.